The van der Waals surface area contributed by atoms with Crippen LogP contribution in [0.1, 0.15) is 27.7 Å². The van der Waals surface area contributed by atoms with Gasteiger partial charge in [0, 0.05) is 0 Å². The lowest BCUT2D eigenvalue weighted by molar-refractivity contribution is 0.0937. The summed E-state index contributed by atoms with van der Waals surface area (Å²) in [4.78, 5) is 21.2. The number of aromatic nitrogens is 2. The Labute approximate surface area is 167 Å². The molecule has 2 aromatic carbocycles. The topological polar surface area (TPSA) is 64.1 Å². The van der Waals surface area contributed by atoms with Crippen LogP contribution in [-0.2, 0) is 0 Å². The Bertz CT molecular complexity index is 920. The Kier molecular flexibility index (Phi) is 6.32. The summed E-state index contributed by atoms with van der Waals surface area (Å²) < 4.78 is 5.22. The van der Waals surface area contributed by atoms with Gasteiger partial charge < -0.3 is 10.1 Å². The highest BCUT2D eigenvalue weighted by molar-refractivity contribution is 7.98. The third-order valence-electron chi connectivity index (χ3n) is 3.98. The summed E-state index contributed by atoms with van der Waals surface area (Å²) in [7, 11) is 1.62. The SMILES string of the molecule is COc1ccc(C(NC(=O)c2nc(SC)ncc2Cl)c2ccccc2)cc1. The van der Waals surface area contributed by atoms with Crippen molar-refractivity contribution in [3.8, 4) is 5.75 Å². The van der Waals surface area contributed by atoms with E-state index in [9.17, 15) is 4.79 Å². The molecule has 3 rings (SSSR count). The van der Waals surface area contributed by atoms with Gasteiger partial charge in [-0.2, -0.15) is 0 Å². The molecule has 3 aromatic rings. The molecule has 1 aromatic heterocycles. The minimum atomic E-state index is -0.359. The molecule has 1 amide bonds. The van der Waals surface area contributed by atoms with Gasteiger partial charge in [0.15, 0.2) is 10.9 Å². The fraction of sp³-hybridized carbons (Fsp3) is 0.150. The van der Waals surface area contributed by atoms with Crippen LogP contribution < -0.4 is 10.1 Å². The molecule has 7 heteroatoms. The zero-order valence-corrected chi connectivity index (χ0v) is 16.4. The third-order valence-corrected chi connectivity index (χ3v) is 4.82. The van der Waals surface area contributed by atoms with E-state index in [2.05, 4.69) is 15.3 Å². The number of carbonyl (C=O) groups is 1. The fourth-order valence-corrected chi connectivity index (χ4v) is 3.13. The van der Waals surface area contributed by atoms with E-state index < -0.39 is 0 Å². The molecule has 0 bridgehead atoms. The van der Waals surface area contributed by atoms with Gasteiger partial charge in [0.05, 0.1) is 24.4 Å². The monoisotopic (exact) mass is 399 g/mol. The maximum absolute atomic E-state index is 12.9. The first kappa shape index (κ1) is 19.2. The number of hydrogen-bond acceptors (Lipinski definition) is 5. The summed E-state index contributed by atoms with van der Waals surface area (Å²) >= 11 is 7.50. The molecule has 0 aliphatic rings. The van der Waals surface area contributed by atoms with E-state index in [1.54, 1.807) is 7.11 Å². The lowest BCUT2D eigenvalue weighted by Crippen LogP contribution is -2.30. The summed E-state index contributed by atoms with van der Waals surface area (Å²) in [5.41, 5.74) is 2.03. The Balaban J connectivity index is 1.95. The maximum Gasteiger partial charge on any atom is 0.272 e. The largest absolute Gasteiger partial charge is 0.497 e. The van der Waals surface area contributed by atoms with E-state index in [1.165, 1.54) is 18.0 Å². The van der Waals surface area contributed by atoms with Gasteiger partial charge in [-0.05, 0) is 29.5 Å². The van der Waals surface area contributed by atoms with Crippen molar-refractivity contribution in [1.29, 1.82) is 0 Å². The first-order valence-corrected chi connectivity index (χ1v) is 9.79. The molecular weight excluding hydrogens is 382 g/mol. The fourth-order valence-electron chi connectivity index (χ4n) is 2.61. The van der Waals surface area contributed by atoms with Crippen molar-refractivity contribution in [3.05, 3.63) is 82.6 Å². The Morgan fingerprint density at radius 2 is 1.78 bits per heavy atom. The number of thioether (sulfide) groups is 1. The standard InChI is InChI=1S/C20H18ClN3O2S/c1-26-15-10-8-14(9-11-15)17(13-6-4-3-5-7-13)23-19(25)18-16(21)12-22-20(24-18)27-2/h3-12,17H,1-2H3,(H,23,25). The molecule has 1 heterocycles. The van der Waals surface area contributed by atoms with Crippen LogP contribution in [0.4, 0.5) is 0 Å². The predicted molar refractivity (Wildman–Crippen MR) is 108 cm³/mol. The highest BCUT2D eigenvalue weighted by atomic mass is 35.5. The van der Waals surface area contributed by atoms with Crippen LogP contribution in [0.15, 0.2) is 66.0 Å². The number of methoxy groups -OCH3 is 1. The van der Waals surface area contributed by atoms with E-state index in [0.29, 0.717) is 5.16 Å². The van der Waals surface area contributed by atoms with Crippen LogP contribution in [0, 0.1) is 0 Å². The van der Waals surface area contributed by atoms with Gasteiger partial charge >= 0.3 is 0 Å². The molecule has 0 radical (unpaired) electrons. The van der Waals surface area contributed by atoms with Crippen molar-refractivity contribution in [3.63, 3.8) is 0 Å². The molecule has 0 fully saturated rings. The van der Waals surface area contributed by atoms with Crippen molar-refractivity contribution in [2.75, 3.05) is 13.4 Å². The summed E-state index contributed by atoms with van der Waals surface area (Å²) in [6, 6.07) is 16.9. The van der Waals surface area contributed by atoms with Crippen molar-refractivity contribution in [1.82, 2.24) is 15.3 Å². The first-order chi connectivity index (χ1) is 13.1. The van der Waals surface area contributed by atoms with Gasteiger partial charge in [-0.25, -0.2) is 9.97 Å². The first-order valence-electron chi connectivity index (χ1n) is 8.18. The number of nitrogens with zero attached hydrogens (tertiary/aromatic N) is 2. The second-order valence-electron chi connectivity index (χ2n) is 5.64. The van der Waals surface area contributed by atoms with Gasteiger partial charge in [-0.15, -0.1) is 0 Å². The van der Waals surface area contributed by atoms with E-state index in [-0.39, 0.29) is 22.7 Å². The highest BCUT2D eigenvalue weighted by Crippen LogP contribution is 2.25. The van der Waals surface area contributed by atoms with Crippen LogP contribution in [0.2, 0.25) is 5.02 Å². The summed E-state index contributed by atoms with van der Waals surface area (Å²) in [6.07, 6.45) is 3.29. The molecule has 0 aliphatic heterocycles. The average Bonchev–Trinajstić information content (AvgIpc) is 2.73. The van der Waals surface area contributed by atoms with Crippen molar-refractivity contribution >= 4 is 29.3 Å². The molecule has 0 saturated carbocycles. The van der Waals surface area contributed by atoms with Crippen molar-refractivity contribution < 1.29 is 9.53 Å². The number of halogens is 1. The summed E-state index contributed by atoms with van der Waals surface area (Å²) in [5, 5.41) is 3.74. The van der Waals surface area contributed by atoms with Crippen molar-refractivity contribution in [2.24, 2.45) is 0 Å². The number of carbonyl (C=O) groups excluding carboxylic acids is 1. The molecule has 0 saturated heterocycles. The quantitative estimate of drug-likeness (QED) is 0.492. The molecule has 0 spiro atoms. The molecule has 27 heavy (non-hydrogen) atoms. The lowest BCUT2D eigenvalue weighted by Gasteiger charge is -2.20. The zero-order valence-electron chi connectivity index (χ0n) is 14.8. The van der Waals surface area contributed by atoms with E-state index >= 15 is 0 Å². The number of amides is 1. The van der Waals surface area contributed by atoms with E-state index in [0.717, 1.165) is 16.9 Å². The maximum atomic E-state index is 12.9. The molecule has 138 valence electrons. The normalized spacial score (nSPS) is 11.7. The molecular formula is C20H18ClN3O2S. The number of hydrogen-bond donors (Lipinski definition) is 1. The highest BCUT2D eigenvalue weighted by Gasteiger charge is 2.21. The van der Waals surface area contributed by atoms with Crippen LogP contribution in [-0.4, -0.2) is 29.2 Å². The number of nitrogens with one attached hydrogen (secondary N) is 1. The Hall–Kier alpha value is -2.57. The van der Waals surface area contributed by atoms with Gasteiger partial charge in [0.25, 0.3) is 5.91 Å². The third kappa shape index (κ3) is 4.59. The molecule has 1 N–H and O–H groups in total. The number of ether oxygens (including phenoxy) is 1. The average molecular weight is 400 g/mol. The number of benzene rings is 2. The zero-order chi connectivity index (χ0) is 19.2. The summed E-state index contributed by atoms with van der Waals surface area (Å²) in [6.45, 7) is 0. The lowest BCUT2D eigenvalue weighted by atomic mass is 9.98. The van der Waals surface area contributed by atoms with Crippen LogP contribution in [0.3, 0.4) is 0 Å². The predicted octanol–water partition coefficient (Wildman–Crippen LogP) is 4.38. The van der Waals surface area contributed by atoms with Crippen LogP contribution >= 0.6 is 23.4 Å². The Morgan fingerprint density at radius 1 is 1.11 bits per heavy atom. The number of rotatable bonds is 6. The van der Waals surface area contributed by atoms with Gasteiger partial charge in [-0.1, -0.05) is 65.8 Å². The van der Waals surface area contributed by atoms with E-state index in [4.69, 9.17) is 16.3 Å². The second-order valence-corrected chi connectivity index (χ2v) is 6.82. The molecule has 1 atom stereocenters. The smallest absolute Gasteiger partial charge is 0.272 e. The van der Waals surface area contributed by atoms with Crippen LogP contribution in [0.5, 0.6) is 5.75 Å². The molecule has 0 aliphatic carbocycles. The minimum absolute atomic E-state index is 0.158. The van der Waals surface area contributed by atoms with Gasteiger partial charge in [-0.3, -0.25) is 4.79 Å². The van der Waals surface area contributed by atoms with Crippen LogP contribution in [0.25, 0.3) is 0 Å². The minimum Gasteiger partial charge on any atom is -0.497 e. The van der Waals surface area contributed by atoms with Crippen molar-refractivity contribution in [2.45, 2.75) is 11.2 Å². The second kappa shape index (κ2) is 8.88. The molecule has 5 nitrogen and oxygen atoms in total. The molecule has 1 unspecified atom stereocenters. The van der Waals surface area contributed by atoms with Gasteiger partial charge in [0.2, 0.25) is 0 Å². The van der Waals surface area contributed by atoms with Gasteiger partial charge in [0.1, 0.15) is 5.75 Å². The Morgan fingerprint density at radius 3 is 2.41 bits per heavy atom. The summed E-state index contributed by atoms with van der Waals surface area (Å²) in [5.74, 6) is 0.391. The van der Waals surface area contributed by atoms with E-state index in [1.807, 2.05) is 60.9 Å².